The van der Waals surface area contributed by atoms with E-state index in [1.807, 2.05) is 24.3 Å². The SMILES string of the molecule is CC[N+](CC)=C1C=CC(=CC=C2C=C(c3ccc(F)cc3)C=C(c3ccc(F)cc3)O2)C(O)=C1.F[B-](F)(F)F. The van der Waals surface area contributed by atoms with Crippen LogP contribution in [0.5, 0.6) is 0 Å². The molecule has 10 heteroatoms. The molecule has 204 valence electrons. The molecule has 1 aliphatic heterocycles. The van der Waals surface area contributed by atoms with E-state index in [0.29, 0.717) is 22.7 Å². The van der Waals surface area contributed by atoms with Gasteiger partial charge in [0.25, 0.3) is 0 Å². The van der Waals surface area contributed by atoms with Crippen molar-refractivity contribution in [3.8, 4) is 0 Å². The van der Waals surface area contributed by atoms with Crippen LogP contribution in [0.4, 0.5) is 26.0 Å². The van der Waals surface area contributed by atoms with Crippen molar-refractivity contribution in [2.75, 3.05) is 13.1 Å². The predicted molar refractivity (Wildman–Crippen MR) is 142 cm³/mol. The molecule has 0 aromatic heterocycles. The quantitative estimate of drug-likeness (QED) is 0.234. The third-order valence-electron chi connectivity index (χ3n) is 5.69. The molecule has 4 rings (SSSR count). The van der Waals surface area contributed by atoms with Gasteiger partial charge in [0, 0.05) is 17.2 Å². The normalized spacial score (nSPS) is 17.1. The summed E-state index contributed by atoms with van der Waals surface area (Å²) in [5.41, 5.74) is 3.97. The first-order chi connectivity index (χ1) is 18.5. The van der Waals surface area contributed by atoms with Crippen LogP contribution in [0.15, 0.2) is 108 Å². The zero-order valence-corrected chi connectivity index (χ0v) is 21.2. The Balaban J connectivity index is 0.000000771. The molecule has 0 bridgehead atoms. The van der Waals surface area contributed by atoms with Crippen LogP contribution in [-0.2, 0) is 4.74 Å². The summed E-state index contributed by atoms with van der Waals surface area (Å²) in [5.74, 6) is 0.610. The molecule has 0 atom stereocenters. The molecule has 1 aliphatic carbocycles. The number of allylic oxidation sites excluding steroid dienone is 8. The van der Waals surface area contributed by atoms with Crippen molar-refractivity contribution >= 4 is 24.3 Å². The second kappa shape index (κ2) is 13.0. The molecule has 1 N–H and O–H groups in total. The zero-order valence-electron chi connectivity index (χ0n) is 21.2. The van der Waals surface area contributed by atoms with Gasteiger partial charge in [-0.3, -0.25) is 0 Å². The standard InChI is InChI=1S/C29H25F2NO2.BF4/c1-3-32(4-2)26-15-9-21(28(33)19-26)10-16-27-17-23(20-5-11-24(30)12-6-20)18-29(34-27)22-7-13-25(31)14-8-22;2-1(3,4)5/h5-19H,3-4H2,1-2H3;/q;-1/p+1. The Morgan fingerprint density at radius 1 is 0.769 bits per heavy atom. The molecule has 2 aromatic rings. The molecule has 39 heavy (non-hydrogen) atoms. The van der Waals surface area contributed by atoms with E-state index in [9.17, 15) is 31.1 Å². The number of aliphatic hydroxyl groups excluding tert-OH is 1. The summed E-state index contributed by atoms with van der Waals surface area (Å²) >= 11 is 0. The monoisotopic (exact) mass is 545 g/mol. The molecule has 0 amide bonds. The number of aliphatic hydroxyl groups is 1. The van der Waals surface area contributed by atoms with Crippen LogP contribution in [0.1, 0.15) is 25.0 Å². The van der Waals surface area contributed by atoms with Crippen molar-refractivity contribution in [2.45, 2.75) is 13.8 Å². The molecule has 0 saturated heterocycles. The van der Waals surface area contributed by atoms with E-state index in [2.05, 4.69) is 18.4 Å². The van der Waals surface area contributed by atoms with Gasteiger partial charge in [-0.2, -0.15) is 0 Å². The number of benzene rings is 2. The van der Waals surface area contributed by atoms with Gasteiger partial charge in [-0.25, -0.2) is 13.4 Å². The largest absolute Gasteiger partial charge is 0.673 e. The summed E-state index contributed by atoms with van der Waals surface area (Å²) in [6, 6.07) is 12.3. The topological polar surface area (TPSA) is 32.5 Å². The number of hydrogen-bond acceptors (Lipinski definition) is 2. The van der Waals surface area contributed by atoms with Gasteiger partial charge in [0.2, 0.25) is 5.71 Å². The Morgan fingerprint density at radius 3 is 1.82 bits per heavy atom. The van der Waals surface area contributed by atoms with E-state index in [4.69, 9.17) is 4.74 Å². The Bertz CT molecular complexity index is 1380. The summed E-state index contributed by atoms with van der Waals surface area (Å²) in [5, 5.41) is 10.5. The van der Waals surface area contributed by atoms with Crippen molar-refractivity contribution < 1.29 is 40.5 Å². The maximum Gasteiger partial charge on any atom is 0.673 e. The molecule has 2 aliphatic rings. The van der Waals surface area contributed by atoms with Crippen LogP contribution in [-0.4, -0.2) is 35.7 Å². The van der Waals surface area contributed by atoms with Crippen LogP contribution in [0, 0.1) is 11.6 Å². The number of ether oxygens (including phenoxy) is 1. The number of halogens is 6. The maximum absolute atomic E-state index is 13.4. The minimum absolute atomic E-state index is 0.175. The predicted octanol–water partition coefficient (Wildman–Crippen LogP) is 8.03. The minimum atomic E-state index is -6.00. The summed E-state index contributed by atoms with van der Waals surface area (Å²) in [7, 11) is -6.00. The van der Waals surface area contributed by atoms with E-state index in [-0.39, 0.29) is 17.4 Å². The Hall–Kier alpha value is -4.21. The maximum atomic E-state index is 13.4. The van der Waals surface area contributed by atoms with E-state index in [1.165, 1.54) is 24.3 Å². The second-order valence-electron chi connectivity index (χ2n) is 8.37. The van der Waals surface area contributed by atoms with E-state index < -0.39 is 7.25 Å². The van der Waals surface area contributed by atoms with Gasteiger partial charge in [0.1, 0.15) is 42.0 Å². The highest BCUT2D eigenvalue weighted by Crippen LogP contribution is 2.32. The van der Waals surface area contributed by atoms with E-state index >= 15 is 0 Å². The first-order valence-electron chi connectivity index (χ1n) is 12.1. The Kier molecular flexibility index (Phi) is 9.81. The minimum Gasteiger partial charge on any atom is -0.507 e. The molecule has 0 radical (unpaired) electrons. The zero-order chi connectivity index (χ0) is 28.6. The molecular formula is C29H26BF6NO2. The van der Waals surface area contributed by atoms with Gasteiger partial charge >= 0.3 is 7.25 Å². The lowest BCUT2D eigenvalue weighted by Crippen LogP contribution is -2.20. The van der Waals surface area contributed by atoms with Gasteiger partial charge < -0.3 is 27.1 Å². The van der Waals surface area contributed by atoms with Gasteiger partial charge in [0.15, 0.2) is 0 Å². The van der Waals surface area contributed by atoms with Crippen molar-refractivity contribution in [3.63, 3.8) is 0 Å². The van der Waals surface area contributed by atoms with Gasteiger partial charge in [-0.15, -0.1) is 0 Å². The van der Waals surface area contributed by atoms with Crippen LogP contribution in [0.3, 0.4) is 0 Å². The number of nitrogens with zero attached hydrogens (tertiary/aromatic N) is 1. The average molecular weight is 545 g/mol. The molecule has 2 aromatic carbocycles. The van der Waals surface area contributed by atoms with E-state index in [1.54, 1.807) is 42.5 Å². The Labute approximate surface area is 222 Å². The molecule has 0 unspecified atom stereocenters. The molecule has 3 nitrogen and oxygen atoms in total. The van der Waals surface area contributed by atoms with Crippen LogP contribution in [0.25, 0.3) is 11.3 Å². The highest BCUT2D eigenvalue weighted by atomic mass is 19.5. The van der Waals surface area contributed by atoms with Crippen molar-refractivity contribution in [1.82, 2.24) is 0 Å². The third-order valence-corrected chi connectivity index (χ3v) is 5.69. The first kappa shape index (κ1) is 29.4. The summed E-state index contributed by atoms with van der Waals surface area (Å²) in [6.45, 7) is 5.85. The Morgan fingerprint density at radius 2 is 1.31 bits per heavy atom. The molecule has 0 fully saturated rings. The lowest BCUT2D eigenvalue weighted by Gasteiger charge is -2.18. The van der Waals surface area contributed by atoms with Crippen molar-refractivity contribution in [3.05, 3.63) is 131 Å². The van der Waals surface area contributed by atoms with Gasteiger partial charge in [0.05, 0.1) is 6.08 Å². The second-order valence-corrected chi connectivity index (χ2v) is 8.37. The number of rotatable bonds is 5. The van der Waals surface area contributed by atoms with E-state index in [0.717, 1.165) is 29.9 Å². The fraction of sp³-hybridized carbons (Fsp3) is 0.138. The van der Waals surface area contributed by atoms with Crippen molar-refractivity contribution in [2.24, 2.45) is 0 Å². The van der Waals surface area contributed by atoms with Crippen LogP contribution < -0.4 is 0 Å². The summed E-state index contributed by atoms with van der Waals surface area (Å²) in [4.78, 5) is 0. The fourth-order valence-corrected chi connectivity index (χ4v) is 3.80. The average Bonchev–Trinajstić information content (AvgIpc) is 2.88. The third kappa shape index (κ3) is 8.95. The molecule has 0 saturated carbocycles. The highest BCUT2D eigenvalue weighted by Gasteiger charge is 2.20. The lowest BCUT2D eigenvalue weighted by molar-refractivity contribution is -0.519. The smallest absolute Gasteiger partial charge is 0.507 e. The van der Waals surface area contributed by atoms with Crippen LogP contribution >= 0.6 is 0 Å². The van der Waals surface area contributed by atoms with Crippen molar-refractivity contribution in [1.29, 1.82) is 0 Å². The molecule has 0 spiro atoms. The molecular weight excluding hydrogens is 519 g/mol. The van der Waals surface area contributed by atoms with Gasteiger partial charge in [-0.1, -0.05) is 12.1 Å². The highest BCUT2D eigenvalue weighted by molar-refractivity contribution is 6.50. The first-order valence-corrected chi connectivity index (χ1v) is 12.1. The number of hydrogen-bond donors (Lipinski definition) is 1. The fourth-order valence-electron chi connectivity index (χ4n) is 3.80. The summed E-state index contributed by atoms with van der Waals surface area (Å²) < 4.78 is 74.1. The molecule has 1 heterocycles. The van der Waals surface area contributed by atoms with Crippen LogP contribution in [0.2, 0.25) is 0 Å². The summed E-state index contributed by atoms with van der Waals surface area (Å²) in [6.07, 6.45) is 12.8. The lowest BCUT2D eigenvalue weighted by atomic mass is 10.00. The van der Waals surface area contributed by atoms with Gasteiger partial charge in [-0.05, 0) is 91.8 Å².